The fourth-order valence-corrected chi connectivity index (χ4v) is 5.25. The fraction of sp³-hybridized carbons (Fsp3) is 0.208. The Morgan fingerprint density at radius 2 is 1.94 bits per heavy atom. The molecule has 164 valence electrons. The van der Waals surface area contributed by atoms with Crippen LogP contribution in [0.4, 0.5) is 5.69 Å². The molecule has 2 atom stereocenters. The maximum absolute atomic E-state index is 13.8. The zero-order chi connectivity index (χ0) is 22.6. The normalized spacial score (nSPS) is 21.4. The Bertz CT molecular complexity index is 1380. The van der Waals surface area contributed by atoms with E-state index in [0.29, 0.717) is 18.5 Å². The van der Waals surface area contributed by atoms with E-state index in [4.69, 9.17) is 0 Å². The van der Waals surface area contributed by atoms with Crippen LogP contribution in [0.2, 0.25) is 0 Å². The summed E-state index contributed by atoms with van der Waals surface area (Å²) in [5.41, 5.74) is 3.05. The number of carbonyl (C=O) groups is 2. The average Bonchev–Trinajstić information content (AvgIpc) is 3.62. The third kappa shape index (κ3) is 2.82. The standard InChI is InChI=1S/C24H21N7O2/c1-29-13-17(12-27-29)21-24(19-7-2-3-8-20(19)28-23(24)33)9-10-31(21)22(32)16-5-4-6-18(11-16)30-14-25-26-15-30/h2-8,11-15,21H,9-10H2,1H3,(H,28,33). The first kappa shape index (κ1) is 19.4. The summed E-state index contributed by atoms with van der Waals surface area (Å²) in [5.74, 6) is -0.209. The zero-order valence-electron chi connectivity index (χ0n) is 17.9. The smallest absolute Gasteiger partial charge is 0.254 e. The highest BCUT2D eigenvalue weighted by Crippen LogP contribution is 2.54. The van der Waals surface area contributed by atoms with Gasteiger partial charge in [-0.15, -0.1) is 10.2 Å². The molecule has 4 aromatic rings. The number of benzene rings is 2. The first-order valence-corrected chi connectivity index (χ1v) is 10.7. The molecule has 33 heavy (non-hydrogen) atoms. The first-order valence-electron chi connectivity index (χ1n) is 10.7. The Kier molecular flexibility index (Phi) is 4.19. The lowest BCUT2D eigenvalue weighted by atomic mass is 9.73. The van der Waals surface area contributed by atoms with Crippen LogP contribution in [0.3, 0.4) is 0 Å². The molecule has 1 spiro atoms. The number of fused-ring (bicyclic) bond motifs is 2. The second kappa shape index (κ2) is 7.13. The number of para-hydroxylation sites is 1. The molecule has 0 radical (unpaired) electrons. The topological polar surface area (TPSA) is 97.9 Å². The van der Waals surface area contributed by atoms with Crippen molar-refractivity contribution in [1.29, 1.82) is 0 Å². The maximum atomic E-state index is 13.8. The fourth-order valence-electron chi connectivity index (χ4n) is 5.25. The molecule has 2 amide bonds. The van der Waals surface area contributed by atoms with Crippen molar-refractivity contribution in [2.24, 2.45) is 7.05 Å². The van der Waals surface area contributed by atoms with Crippen molar-refractivity contribution < 1.29 is 9.59 Å². The minimum absolute atomic E-state index is 0.0777. The van der Waals surface area contributed by atoms with Gasteiger partial charge in [0.1, 0.15) is 18.1 Å². The average molecular weight is 439 g/mol. The van der Waals surface area contributed by atoms with E-state index in [-0.39, 0.29) is 11.8 Å². The van der Waals surface area contributed by atoms with Gasteiger partial charge >= 0.3 is 0 Å². The molecule has 2 aromatic heterocycles. The lowest BCUT2D eigenvalue weighted by Crippen LogP contribution is -2.42. The van der Waals surface area contributed by atoms with Crippen molar-refractivity contribution in [3.05, 3.63) is 90.3 Å². The molecule has 0 bridgehead atoms. The minimum Gasteiger partial charge on any atom is -0.330 e. The van der Waals surface area contributed by atoms with Crippen LogP contribution in [0.5, 0.6) is 0 Å². The van der Waals surface area contributed by atoms with E-state index in [1.807, 2.05) is 60.6 Å². The van der Waals surface area contributed by atoms with Crippen LogP contribution < -0.4 is 5.32 Å². The molecule has 6 rings (SSSR count). The Balaban J connectivity index is 1.46. The number of nitrogens with one attached hydrogen (secondary N) is 1. The van der Waals surface area contributed by atoms with E-state index in [2.05, 4.69) is 20.6 Å². The molecule has 2 aliphatic rings. The number of amides is 2. The maximum Gasteiger partial charge on any atom is 0.254 e. The highest BCUT2D eigenvalue weighted by atomic mass is 16.2. The number of anilines is 1. The van der Waals surface area contributed by atoms with E-state index in [1.165, 1.54) is 0 Å². The van der Waals surface area contributed by atoms with E-state index >= 15 is 0 Å². The van der Waals surface area contributed by atoms with Gasteiger partial charge in [0.25, 0.3) is 5.91 Å². The minimum atomic E-state index is -0.860. The Labute approximate surface area is 189 Å². The Morgan fingerprint density at radius 3 is 2.73 bits per heavy atom. The summed E-state index contributed by atoms with van der Waals surface area (Å²) < 4.78 is 3.46. The van der Waals surface area contributed by atoms with Crippen LogP contribution >= 0.6 is 0 Å². The van der Waals surface area contributed by atoms with Crippen molar-refractivity contribution in [2.45, 2.75) is 17.9 Å². The molecular weight excluding hydrogens is 418 g/mol. The highest BCUT2D eigenvalue weighted by Gasteiger charge is 2.59. The summed E-state index contributed by atoms with van der Waals surface area (Å²) in [6.45, 7) is 0.455. The number of aromatic nitrogens is 5. The predicted octanol–water partition coefficient (Wildman–Crippen LogP) is 2.48. The molecule has 9 heteroatoms. The number of likely N-dealkylation sites (tertiary alicyclic amines) is 1. The molecule has 1 fully saturated rings. The molecule has 2 aromatic carbocycles. The summed E-state index contributed by atoms with van der Waals surface area (Å²) in [6.07, 6.45) is 7.35. The summed E-state index contributed by atoms with van der Waals surface area (Å²) in [7, 11) is 1.84. The second-order valence-electron chi connectivity index (χ2n) is 8.49. The van der Waals surface area contributed by atoms with Crippen molar-refractivity contribution in [2.75, 3.05) is 11.9 Å². The van der Waals surface area contributed by atoms with Gasteiger partial charge in [-0.3, -0.25) is 18.8 Å². The molecular formula is C24H21N7O2. The van der Waals surface area contributed by atoms with Crippen LogP contribution in [0.15, 0.2) is 73.6 Å². The van der Waals surface area contributed by atoms with Gasteiger partial charge in [-0.1, -0.05) is 24.3 Å². The van der Waals surface area contributed by atoms with Crippen LogP contribution in [0.1, 0.15) is 33.9 Å². The molecule has 1 N–H and O–H groups in total. The van der Waals surface area contributed by atoms with Gasteiger partial charge in [-0.05, 0) is 36.2 Å². The lowest BCUT2D eigenvalue weighted by Gasteiger charge is -2.33. The largest absolute Gasteiger partial charge is 0.330 e. The number of aryl methyl sites for hydroxylation is 1. The first-order chi connectivity index (χ1) is 16.1. The number of hydrogen-bond acceptors (Lipinski definition) is 5. The van der Waals surface area contributed by atoms with Gasteiger partial charge in [0.05, 0.1) is 12.2 Å². The summed E-state index contributed by atoms with van der Waals surface area (Å²) in [4.78, 5) is 29.1. The highest BCUT2D eigenvalue weighted by molar-refractivity contribution is 6.08. The van der Waals surface area contributed by atoms with Crippen LogP contribution in [-0.4, -0.2) is 47.8 Å². The monoisotopic (exact) mass is 439 g/mol. The molecule has 9 nitrogen and oxygen atoms in total. The van der Waals surface area contributed by atoms with Gasteiger partial charge in [-0.2, -0.15) is 5.10 Å². The number of carbonyl (C=O) groups excluding carboxylic acids is 2. The molecule has 0 aliphatic carbocycles. The van der Waals surface area contributed by atoms with E-state index in [0.717, 1.165) is 22.5 Å². The quantitative estimate of drug-likeness (QED) is 0.529. The summed E-state index contributed by atoms with van der Waals surface area (Å²) in [5, 5.41) is 15.1. The molecule has 1 saturated heterocycles. The molecule has 2 unspecified atom stereocenters. The predicted molar refractivity (Wildman–Crippen MR) is 120 cm³/mol. The third-order valence-electron chi connectivity index (χ3n) is 6.70. The van der Waals surface area contributed by atoms with Gasteiger partial charge in [0, 0.05) is 42.3 Å². The SMILES string of the molecule is Cn1cc(C2N(C(=O)c3cccc(-n4cnnc4)c3)CCC23C(=O)Nc2ccccc23)cn1. The number of nitrogens with zero attached hydrogens (tertiary/aromatic N) is 6. The van der Waals surface area contributed by atoms with Gasteiger partial charge in [-0.25, -0.2) is 0 Å². The summed E-state index contributed by atoms with van der Waals surface area (Å²) in [6, 6.07) is 14.6. The van der Waals surface area contributed by atoms with Crippen LogP contribution in [-0.2, 0) is 17.3 Å². The van der Waals surface area contributed by atoms with Gasteiger partial charge < -0.3 is 10.2 Å². The molecule has 2 aliphatic heterocycles. The Hall–Kier alpha value is -4.27. The van der Waals surface area contributed by atoms with E-state index in [1.54, 1.807) is 34.2 Å². The zero-order valence-corrected chi connectivity index (χ0v) is 17.9. The van der Waals surface area contributed by atoms with Crippen molar-refractivity contribution in [3.63, 3.8) is 0 Å². The molecule has 4 heterocycles. The number of rotatable bonds is 3. The third-order valence-corrected chi connectivity index (χ3v) is 6.70. The van der Waals surface area contributed by atoms with E-state index < -0.39 is 11.5 Å². The number of hydrogen-bond donors (Lipinski definition) is 1. The Morgan fingerprint density at radius 1 is 1.12 bits per heavy atom. The van der Waals surface area contributed by atoms with Crippen LogP contribution in [0, 0.1) is 0 Å². The lowest BCUT2D eigenvalue weighted by molar-refractivity contribution is -0.121. The summed E-state index contributed by atoms with van der Waals surface area (Å²) >= 11 is 0. The van der Waals surface area contributed by atoms with Crippen molar-refractivity contribution >= 4 is 17.5 Å². The van der Waals surface area contributed by atoms with Gasteiger partial charge in [0.2, 0.25) is 5.91 Å². The second-order valence-corrected chi connectivity index (χ2v) is 8.49. The van der Waals surface area contributed by atoms with Gasteiger partial charge in [0.15, 0.2) is 0 Å². The van der Waals surface area contributed by atoms with E-state index in [9.17, 15) is 9.59 Å². The molecule has 0 saturated carbocycles. The van der Waals surface area contributed by atoms with Crippen LogP contribution in [0.25, 0.3) is 5.69 Å². The van der Waals surface area contributed by atoms with Crippen molar-refractivity contribution in [1.82, 2.24) is 29.4 Å². The van der Waals surface area contributed by atoms with Crippen molar-refractivity contribution in [3.8, 4) is 5.69 Å².